The van der Waals surface area contributed by atoms with E-state index in [9.17, 15) is 0 Å². The van der Waals surface area contributed by atoms with E-state index < -0.39 is 5.82 Å². The number of nitrogen functional groups attached to an aromatic ring is 1. The zero-order valence-electron chi connectivity index (χ0n) is 25.1. The first-order valence-electron chi connectivity index (χ1n) is 13.9. The number of hydrogen-bond acceptors (Lipinski definition) is 4. The third-order valence-corrected chi connectivity index (χ3v) is 7.12. The Hall–Kier alpha value is -4.74. The number of allylic oxidation sites excluding steroid dienone is 8. The molecule has 0 amide bonds. The smallest absolute Gasteiger partial charge is 0.133 e. The first kappa shape index (κ1) is 31.8. The summed E-state index contributed by atoms with van der Waals surface area (Å²) in [5.41, 5.74) is 15.7. The highest BCUT2D eigenvalue weighted by Gasteiger charge is 2.16. The summed E-state index contributed by atoms with van der Waals surface area (Å²) < 4.78 is 15.3. The van der Waals surface area contributed by atoms with Gasteiger partial charge in [-0.05, 0) is 84.9 Å². The van der Waals surface area contributed by atoms with Gasteiger partial charge in [-0.15, -0.1) is 0 Å². The van der Waals surface area contributed by atoms with Crippen LogP contribution in [0, 0.1) is 5.82 Å². The van der Waals surface area contributed by atoms with Crippen LogP contribution in [0.25, 0.3) is 16.7 Å². The molecule has 3 rings (SSSR count). The van der Waals surface area contributed by atoms with Gasteiger partial charge in [0.15, 0.2) is 0 Å². The van der Waals surface area contributed by atoms with Crippen LogP contribution < -0.4 is 16.4 Å². The molecule has 1 heterocycles. The van der Waals surface area contributed by atoms with Crippen molar-refractivity contribution in [1.29, 1.82) is 0 Å². The summed E-state index contributed by atoms with van der Waals surface area (Å²) in [6.07, 6.45) is 11.2. The topological polar surface area (TPSA) is 63.0 Å². The van der Waals surface area contributed by atoms with E-state index in [0.29, 0.717) is 34.6 Å². The minimum Gasteiger partial charge on any atom is -0.398 e. The van der Waals surface area contributed by atoms with E-state index in [-0.39, 0.29) is 0 Å². The van der Waals surface area contributed by atoms with Gasteiger partial charge in [0, 0.05) is 53.7 Å². The number of aromatic nitrogens is 1. The predicted octanol–water partition coefficient (Wildman–Crippen LogP) is 8.62. The lowest BCUT2D eigenvalue weighted by molar-refractivity contribution is 0.625. The van der Waals surface area contributed by atoms with Gasteiger partial charge in [0.05, 0.1) is 0 Å². The van der Waals surface area contributed by atoms with Crippen molar-refractivity contribution in [2.75, 3.05) is 12.3 Å². The van der Waals surface area contributed by atoms with Crippen molar-refractivity contribution in [3.8, 4) is 0 Å². The van der Waals surface area contributed by atoms with E-state index in [1.807, 2.05) is 76.4 Å². The van der Waals surface area contributed by atoms with Crippen LogP contribution in [0.1, 0.15) is 49.9 Å². The second kappa shape index (κ2) is 15.3. The molecule has 0 aliphatic heterocycles. The Morgan fingerprint density at radius 1 is 1.00 bits per heavy atom. The maximum Gasteiger partial charge on any atom is 0.133 e. The largest absolute Gasteiger partial charge is 0.398 e. The number of nitrogens with zero attached hydrogens (tertiary/aromatic N) is 1. The van der Waals surface area contributed by atoms with E-state index in [2.05, 4.69) is 53.6 Å². The van der Waals surface area contributed by atoms with Gasteiger partial charge < -0.3 is 16.4 Å². The highest BCUT2D eigenvalue weighted by atomic mass is 19.1. The molecular weight excluding hydrogens is 519 g/mol. The lowest BCUT2D eigenvalue weighted by atomic mass is 9.94. The number of anilines is 1. The number of nitrogens with two attached hydrogens (primary N) is 1. The number of nitrogens with one attached hydrogen (secondary N) is 2. The van der Waals surface area contributed by atoms with Crippen molar-refractivity contribution in [2.24, 2.45) is 0 Å². The van der Waals surface area contributed by atoms with Gasteiger partial charge in [0.1, 0.15) is 5.82 Å². The SMILES string of the molecule is C=C/C(=C\C(=C/C)c1cc(C(=C)C(=C)N/C(C)=C(C)/C(=C\C)c2cccnc2)c(N)cc1F)CNCc1ccccc1. The number of benzene rings is 2. The van der Waals surface area contributed by atoms with E-state index in [0.717, 1.165) is 40.1 Å². The van der Waals surface area contributed by atoms with E-state index >= 15 is 4.39 Å². The Labute approximate surface area is 250 Å². The average Bonchev–Trinajstić information content (AvgIpc) is 3.00. The molecule has 5 heteroatoms. The number of rotatable bonds is 13. The normalized spacial score (nSPS) is 12.9. The minimum absolute atomic E-state index is 0.292. The molecule has 0 spiro atoms. The highest BCUT2D eigenvalue weighted by molar-refractivity contribution is 5.87. The molecule has 0 unspecified atom stereocenters. The Bertz CT molecular complexity index is 1560. The molecule has 1 aromatic heterocycles. The lowest BCUT2D eigenvalue weighted by Gasteiger charge is -2.19. The zero-order valence-corrected chi connectivity index (χ0v) is 25.1. The fourth-order valence-electron chi connectivity index (χ4n) is 4.60. The summed E-state index contributed by atoms with van der Waals surface area (Å²) in [6, 6.07) is 17.2. The van der Waals surface area contributed by atoms with Crippen molar-refractivity contribution in [1.82, 2.24) is 15.6 Å². The molecule has 2 aromatic carbocycles. The average molecular weight is 561 g/mol. The fourth-order valence-corrected chi connectivity index (χ4v) is 4.60. The molecule has 0 atom stereocenters. The molecule has 3 aromatic rings. The number of halogens is 1. The third kappa shape index (κ3) is 8.15. The fraction of sp³-hybridized carbons (Fsp3) is 0.162. The van der Waals surface area contributed by atoms with Gasteiger partial charge in [-0.25, -0.2) is 4.39 Å². The standard InChI is InChI=1S/C37H41FN4/c1-8-29(22-41-23-30-15-12-11-13-16-30)19-31(9-2)35-20-34(37(39)21-36(35)38)26(5)28(7)42-27(6)25(4)33(10-3)32-17-14-18-40-24-32/h8-21,24,41-42H,1,5,7,22-23,39H2,2-4,6H3/b27-25+,29-19+,31-9+,33-10+. The lowest BCUT2D eigenvalue weighted by Crippen LogP contribution is -2.16. The summed E-state index contributed by atoms with van der Waals surface area (Å²) in [4.78, 5) is 4.24. The van der Waals surface area contributed by atoms with Crippen LogP contribution in [-0.4, -0.2) is 11.5 Å². The molecule has 0 saturated heterocycles. The van der Waals surface area contributed by atoms with Crippen LogP contribution >= 0.6 is 0 Å². The minimum atomic E-state index is -0.409. The van der Waals surface area contributed by atoms with Gasteiger partial charge in [0.2, 0.25) is 0 Å². The van der Waals surface area contributed by atoms with E-state index in [1.54, 1.807) is 18.3 Å². The van der Waals surface area contributed by atoms with Crippen LogP contribution in [0.2, 0.25) is 0 Å². The monoisotopic (exact) mass is 560 g/mol. The first-order valence-corrected chi connectivity index (χ1v) is 13.9. The van der Waals surface area contributed by atoms with E-state index in [1.165, 1.54) is 11.6 Å². The zero-order chi connectivity index (χ0) is 30.6. The van der Waals surface area contributed by atoms with Crippen LogP contribution in [0.3, 0.4) is 0 Å². The maximum atomic E-state index is 15.3. The highest BCUT2D eigenvalue weighted by Crippen LogP contribution is 2.32. The number of pyridine rings is 1. The van der Waals surface area contributed by atoms with Crippen LogP contribution in [0.5, 0.6) is 0 Å². The predicted molar refractivity (Wildman–Crippen MR) is 178 cm³/mol. The molecule has 0 fully saturated rings. The molecular formula is C37H41FN4. The number of hydrogen-bond donors (Lipinski definition) is 3. The molecule has 0 radical (unpaired) electrons. The Kier molecular flexibility index (Phi) is 11.6. The molecule has 4 nitrogen and oxygen atoms in total. The van der Waals surface area contributed by atoms with Crippen molar-refractivity contribution < 1.29 is 4.39 Å². The summed E-state index contributed by atoms with van der Waals surface area (Å²) in [6.45, 7) is 21.6. The third-order valence-electron chi connectivity index (χ3n) is 7.12. The quantitative estimate of drug-likeness (QED) is 0.145. The molecule has 0 bridgehead atoms. The van der Waals surface area contributed by atoms with Gasteiger partial charge >= 0.3 is 0 Å². The second-order valence-electron chi connectivity index (χ2n) is 9.95. The van der Waals surface area contributed by atoms with Crippen molar-refractivity contribution in [3.63, 3.8) is 0 Å². The Balaban J connectivity index is 1.82. The Morgan fingerprint density at radius 3 is 2.36 bits per heavy atom. The van der Waals surface area contributed by atoms with Gasteiger partial charge in [0.25, 0.3) is 0 Å². The van der Waals surface area contributed by atoms with Gasteiger partial charge in [-0.2, -0.15) is 0 Å². The van der Waals surface area contributed by atoms with E-state index in [4.69, 9.17) is 5.73 Å². The summed E-state index contributed by atoms with van der Waals surface area (Å²) in [5.74, 6) is -0.409. The van der Waals surface area contributed by atoms with Gasteiger partial charge in [-0.3, -0.25) is 4.98 Å². The van der Waals surface area contributed by atoms with Crippen LogP contribution in [-0.2, 0) is 6.54 Å². The summed E-state index contributed by atoms with van der Waals surface area (Å²) in [7, 11) is 0. The Morgan fingerprint density at radius 2 is 1.74 bits per heavy atom. The van der Waals surface area contributed by atoms with Crippen molar-refractivity contribution >= 4 is 22.4 Å². The van der Waals surface area contributed by atoms with Crippen molar-refractivity contribution in [2.45, 2.75) is 34.2 Å². The molecule has 42 heavy (non-hydrogen) atoms. The summed E-state index contributed by atoms with van der Waals surface area (Å²) >= 11 is 0. The molecule has 0 aliphatic carbocycles. The van der Waals surface area contributed by atoms with Crippen LogP contribution in [0.4, 0.5) is 10.1 Å². The van der Waals surface area contributed by atoms with Gasteiger partial charge in [-0.1, -0.05) is 80.4 Å². The first-order chi connectivity index (χ1) is 20.2. The molecule has 0 aliphatic rings. The molecule has 4 N–H and O–H groups in total. The summed E-state index contributed by atoms with van der Waals surface area (Å²) in [5, 5.41) is 6.80. The molecule has 0 saturated carbocycles. The van der Waals surface area contributed by atoms with Crippen LogP contribution in [0.15, 0.2) is 134 Å². The second-order valence-corrected chi connectivity index (χ2v) is 9.95. The van der Waals surface area contributed by atoms with Crippen molar-refractivity contribution in [3.05, 3.63) is 162 Å². The molecule has 216 valence electrons. The maximum absolute atomic E-state index is 15.3.